The van der Waals surface area contributed by atoms with Crippen molar-refractivity contribution in [3.63, 3.8) is 0 Å². The molecule has 0 atom stereocenters. The van der Waals surface area contributed by atoms with Gasteiger partial charge < -0.3 is 4.57 Å². The lowest BCUT2D eigenvalue weighted by molar-refractivity contribution is -0.141. The number of nitrogens with zero attached hydrogens (tertiary/aromatic N) is 4. The fraction of sp³-hybridized carbons (Fsp3) is 0.111. The Labute approximate surface area is 145 Å². The van der Waals surface area contributed by atoms with Crippen molar-refractivity contribution in [1.82, 2.24) is 19.5 Å². The predicted molar refractivity (Wildman–Crippen MR) is 89.6 cm³/mol. The van der Waals surface area contributed by atoms with E-state index in [-0.39, 0.29) is 5.52 Å². The first-order valence-electron chi connectivity index (χ1n) is 7.61. The van der Waals surface area contributed by atoms with Crippen LogP contribution in [0.3, 0.4) is 0 Å². The van der Waals surface area contributed by atoms with Gasteiger partial charge in [0.25, 0.3) is 0 Å². The molecule has 0 aliphatic rings. The highest BCUT2D eigenvalue weighted by atomic mass is 19.4. The number of pyridine rings is 2. The summed E-state index contributed by atoms with van der Waals surface area (Å²) in [4.78, 5) is 23.4. The van der Waals surface area contributed by atoms with Gasteiger partial charge in [-0.05, 0) is 29.7 Å². The molecule has 0 radical (unpaired) electrons. The van der Waals surface area contributed by atoms with E-state index < -0.39 is 11.9 Å². The van der Waals surface area contributed by atoms with Crippen molar-refractivity contribution in [3.05, 3.63) is 54.1 Å². The Balaban J connectivity index is 1.98. The molecule has 0 amide bonds. The summed E-state index contributed by atoms with van der Waals surface area (Å²) in [6.45, 7) is 0. The van der Waals surface area contributed by atoms with Crippen LogP contribution in [0.2, 0.25) is 0 Å². The van der Waals surface area contributed by atoms with E-state index in [1.54, 1.807) is 42.2 Å². The Hall–Kier alpha value is -3.29. The second-order valence-corrected chi connectivity index (χ2v) is 5.83. The van der Waals surface area contributed by atoms with Crippen LogP contribution < -0.4 is 0 Å². The molecular formula is C18H11F3N4O. The molecule has 4 aromatic rings. The van der Waals surface area contributed by atoms with Gasteiger partial charge in [0, 0.05) is 36.0 Å². The summed E-state index contributed by atoms with van der Waals surface area (Å²) in [7, 11) is 1.67. The van der Waals surface area contributed by atoms with Gasteiger partial charge in [-0.3, -0.25) is 9.78 Å². The number of aromatic nitrogens is 4. The molecule has 0 saturated carbocycles. The largest absolute Gasteiger partial charge is 0.433 e. The second kappa shape index (κ2) is 5.62. The first-order valence-corrected chi connectivity index (χ1v) is 7.61. The summed E-state index contributed by atoms with van der Waals surface area (Å²) in [6, 6.07) is 6.16. The maximum atomic E-state index is 12.9. The van der Waals surface area contributed by atoms with E-state index in [1.165, 1.54) is 0 Å². The van der Waals surface area contributed by atoms with E-state index in [0.29, 0.717) is 28.8 Å². The van der Waals surface area contributed by atoms with Gasteiger partial charge in [0.15, 0.2) is 6.29 Å². The molecule has 0 aliphatic heterocycles. The van der Waals surface area contributed by atoms with Gasteiger partial charge in [0.2, 0.25) is 0 Å². The van der Waals surface area contributed by atoms with Crippen molar-refractivity contribution in [1.29, 1.82) is 0 Å². The van der Waals surface area contributed by atoms with Crippen LogP contribution in [-0.2, 0) is 13.2 Å². The molecule has 26 heavy (non-hydrogen) atoms. The zero-order valence-electron chi connectivity index (χ0n) is 13.4. The van der Waals surface area contributed by atoms with Crippen molar-refractivity contribution in [2.24, 2.45) is 7.05 Å². The number of hydrogen-bond donors (Lipinski definition) is 0. The van der Waals surface area contributed by atoms with Gasteiger partial charge >= 0.3 is 6.18 Å². The fourth-order valence-electron chi connectivity index (χ4n) is 2.93. The van der Waals surface area contributed by atoms with Crippen LogP contribution in [0.5, 0.6) is 0 Å². The third kappa shape index (κ3) is 2.50. The molecule has 130 valence electrons. The molecule has 0 bridgehead atoms. The molecule has 0 unspecified atom stereocenters. The van der Waals surface area contributed by atoms with E-state index >= 15 is 0 Å². The number of imidazole rings is 1. The van der Waals surface area contributed by atoms with Crippen molar-refractivity contribution in [3.8, 4) is 11.4 Å². The molecule has 3 heterocycles. The van der Waals surface area contributed by atoms with Gasteiger partial charge in [0.1, 0.15) is 11.5 Å². The summed E-state index contributed by atoms with van der Waals surface area (Å²) >= 11 is 0. The molecule has 1 aromatic carbocycles. The van der Waals surface area contributed by atoms with Crippen molar-refractivity contribution >= 4 is 28.1 Å². The van der Waals surface area contributed by atoms with Gasteiger partial charge in [-0.25, -0.2) is 9.97 Å². The van der Waals surface area contributed by atoms with Crippen LogP contribution in [-0.4, -0.2) is 25.8 Å². The molecule has 0 saturated heterocycles. The normalized spacial score (nSPS) is 12.0. The molecule has 3 aromatic heterocycles. The number of aryl methyl sites for hydroxylation is 1. The Kier molecular flexibility index (Phi) is 3.50. The maximum absolute atomic E-state index is 12.9. The number of fused-ring (bicyclic) bond motifs is 2. The summed E-state index contributed by atoms with van der Waals surface area (Å²) < 4.78 is 40.3. The van der Waals surface area contributed by atoms with E-state index in [9.17, 15) is 18.0 Å². The van der Waals surface area contributed by atoms with Crippen LogP contribution in [0, 0.1) is 0 Å². The lowest BCUT2D eigenvalue weighted by Crippen LogP contribution is -2.07. The van der Waals surface area contributed by atoms with Crippen LogP contribution in [0.4, 0.5) is 13.2 Å². The molecular weight excluding hydrogens is 345 g/mol. The second-order valence-electron chi connectivity index (χ2n) is 5.83. The fourth-order valence-corrected chi connectivity index (χ4v) is 2.93. The minimum absolute atomic E-state index is 0.163. The van der Waals surface area contributed by atoms with E-state index in [4.69, 9.17) is 0 Å². The van der Waals surface area contributed by atoms with Gasteiger partial charge in [-0.2, -0.15) is 13.2 Å². The molecule has 4 rings (SSSR count). The summed E-state index contributed by atoms with van der Waals surface area (Å²) in [5, 5.41) is 1.64. The van der Waals surface area contributed by atoms with Crippen LogP contribution in [0.1, 0.15) is 16.1 Å². The van der Waals surface area contributed by atoms with Crippen molar-refractivity contribution in [2.75, 3.05) is 0 Å². The molecule has 0 N–H and O–H groups in total. The maximum Gasteiger partial charge on any atom is 0.433 e. The highest BCUT2D eigenvalue weighted by molar-refractivity contribution is 5.97. The minimum Gasteiger partial charge on any atom is -0.326 e. The molecule has 0 aliphatic carbocycles. The highest BCUT2D eigenvalue weighted by Crippen LogP contribution is 2.32. The van der Waals surface area contributed by atoms with Crippen molar-refractivity contribution < 1.29 is 18.0 Å². The first-order chi connectivity index (χ1) is 12.4. The molecule has 0 spiro atoms. The Morgan fingerprint density at radius 2 is 1.92 bits per heavy atom. The number of benzene rings is 1. The van der Waals surface area contributed by atoms with Gasteiger partial charge in [-0.1, -0.05) is 0 Å². The Morgan fingerprint density at radius 1 is 1.12 bits per heavy atom. The third-order valence-electron chi connectivity index (χ3n) is 4.23. The number of alkyl halides is 3. The van der Waals surface area contributed by atoms with Crippen LogP contribution in [0.15, 0.2) is 42.9 Å². The minimum atomic E-state index is -4.55. The lowest BCUT2D eigenvalue weighted by Gasteiger charge is -2.08. The zero-order chi connectivity index (χ0) is 18.5. The molecule has 8 heteroatoms. The van der Waals surface area contributed by atoms with E-state index in [1.807, 2.05) is 0 Å². The number of rotatable bonds is 2. The monoisotopic (exact) mass is 356 g/mol. The smallest absolute Gasteiger partial charge is 0.326 e. The van der Waals surface area contributed by atoms with Gasteiger partial charge in [0.05, 0.1) is 17.2 Å². The predicted octanol–water partition coefficient (Wildman–Crippen LogP) is 4.01. The Morgan fingerprint density at radius 3 is 2.65 bits per heavy atom. The molecule has 5 nitrogen and oxygen atoms in total. The number of hydrogen-bond acceptors (Lipinski definition) is 4. The summed E-state index contributed by atoms with van der Waals surface area (Å²) in [6.07, 6.45) is 0.554. The highest BCUT2D eigenvalue weighted by Gasteiger charge is 2.33. The summed E-state index contributed by atoms with van der Waals surface area (Å²) in [5.74, 6) is 0.391. The zero-order valence-corrected chi connectivity index (χ0v) is 13.4. The number of carbonyl (C=O) groups excluding carboxylic acids is 1. The van der Waals surface area contributed by atoms with Gasteiger partial charge in [-0.15, -0.1) is 0 Å². The molecule has 0 fully saturated rings. The Bertz CT molecular complexity index is 1160. The third-order valence-corrected chi connectivity index (χ3v) is 4.23. The average molecular weight is 356 g/mol. The lowest BCUT2D eigenvalue weighted by atomic mass is 10.0. The van der Waals surface area contributed by atoms with Crippen molar-refractivity contribution in [2.45, 2.75) is 6.18 Å². The van der Waals surface area contributed by atoms with E-state index in [2.05, 4.69) is 15.0 Å². The van der Waals surface area contributed by atoms with Crippen LogP contribution in [0.25, 0.3) is 33.2 Å². The van der Waals surface area contributed by atoms with E-state index in [0.717, 1.165) is 23.0 Å². The average Bonchev–Trinajstić information content (AvgIpc) is 2.96. The number of carbonyl (C=O) groups is 1. The standard InChI is InChI=1S/C18H11F3N4O/c1-25-15-8-23-16(18(19,20)21)6-14(15)24-17(25)13-5-10-2-3-22-7-11(10)4-12(13)9-26/h2-9H,1H3. The number of aldehydes is 1. The quantitative estimate of drug-likeness (QED) is 0.509. The number of halogens is 3. The topological polar surface area (TPSA) is 60.7 Å². The SMILES string of the molecule is Cn1c(-c2cc3ccncc3cc2C=O)nc2cc(C(F)(F)F)ncc21. The van der Waals surface area contributed by atoms with Crippen LogP contribution >= 0.6 is 0 Å². The first kappa shape index (κ1) is 16.2. The summed E-state index contributed by atoms with van der Waals surface area (Å²) in [5.41, 5.74) is 0.518.